The van der Waals surface area contributed by atoms with Crippen LogP contribution in [-0.4, -0.2) is 27.1 Å². The molecule has 3 nitrogen and oxygen atoms in total. The summed E-state index contributed by atoms with van der Waals surface area (Å²) in [4.78, 5) is 11.2. The van der Waals surface area contributed by atoms with Gasteiger partial charge >= 0.3 is 5.97 Å². The van der Waals surface area contributed by atoms with E-state index in [4.69, 9.17) is 0 Å². The molecule has 100 valence electrons. The summed E-state index contributed by atoms with van der Waals surface area (Å²) in [5.41, 5.74) is 2.44. The number of hydrogen-bond donors (Lipinski definition) is 1. The molecule has 0 radical (unpaired) electrons. The lowest BCUT2D eigenvalue weighted by Crippen LogP contribution is -2.26. The molecule has 1 heterocycles. The molecule has 0 amide bonds. The highest BCUT2D eigenvalue weighted by Gasteiger charge is 2.29. The third kappa shape index (κ3) is 2.30. The summed E-state index contributed by atoms with van der Waals surface area (Å²) in [6, 6.07) is 2.27. The first-order chi connectivity index (χ1) is 8.56. The minimum Gasteiger partial charge on any atom is -0.478 e. The smallest absolute Gasteiger partial charge is 0.337 e. The van der Waals surface area contributed by atoms with Crippen LogP contribution < -0.4 is 0 Å². The van der Waals surface area contributed by atoms with E-state index in [0.29, 0.717) is 16.9 Å². The molecule has 0 spiro atoms. The van der Waals surface area contributed by atoms with Crippen molar-refractivity contribution in [3.8, 4) is 0 Å². The first kappa shape index (κ1) is 13.5. The van der Waals surface area contributed by atoms with Crippen molar-refractivity contribution >= 4 is 17.7 Å². The second kappa shape index (κ2) is 5.39. The number of hydrogen-bond acceptors (Lipinski definition) is 2. The van der Waals surface area contributed by atoms with Crippen LogP contribution in [0.3, 0.4) is 0 Å². The number of aromatic nitrogens is 1. The topological polar surface area (TPSA) is 42.2 Å². The van der Waals surface area contributed by atoms with Gasteiger partial charge in [0.1, 0.15) is 0 Å². The predicted octanol–water partition coefficient (Wildman–Crippen LogP) is 3.65. The van der Waals surface area contributed by atoms with E-state index in [9.17, 15) is 9.90 Å². The largest absolute Gasteiger partial charge is 0.478 e. The maximum absolute atomic E-state index is 11.2. The van der Waals surface area contributed by atoms with Crippen molar-refractivity contribution in [1.29, 1.82) is 0 Å². The quantitative estimate of drug-likeness (QED) is 0.909. The van der Waals surface area contributed by atoms with E-state index in [1.807, 2.05) is 31.7 Å². The number of aromatic carboxylic acids is 1. The summed E-state index contributed by atoms with van der Waals surface area (Å²) in [6.07, 6.45) is 7.12. The van der Waals surface area contributed by atoms with E-state index >= 15 is 0 Å². The van der Waals surface area contributed by atoms with Crippen molar-refractivity contribution in [2.75, 3.05) is 6.26 Å². The summed E-state index contributed by atoms with van der Waals surface area (Å²) in [5.74, 6) is -0.814. The maximum Gasteiger partial charge on any atom is 0.337 e. The van der Waals surface area contributed by atoms with Crippen LogP contribution in [0.15, 0.2) is 6.07 Å². The van der Waals surface area contributed by atoms with E-state index in [1.54, 1.807) is 0 Å². The van der Waals surface area contributed by atoms with Gasteiger partial charge in [-0.1, -0.05) is 12.8 Å². The minimum atomic E-state index is -0.814. The molecule has 2 atom stereocenters. The lowest BCUT2D eigenvalue weighted by atomic mass is 9.94. The van der Waals surface area contributed by atoms with E-state index in [0.717, 1.165) is 11.4 Å². The third-order valence-corrected chi connectivity index (χ3v) is 5.17. The zero-order valence-electron chi connectivity index (χ0n) is 11.3. The van der Waals surface area contributed by atoms with Crippen LogP contribution in [0.4, 0.5) is 0 Å². The monoisotopic (exact) mass is 267 g/mol. The van der Waals surface area contributed by atoms with Gasteiger partial charge in [0.15, 0.2) is 0 Å². The highest BCUT2D eigenvalue weighted by Crippen LogP contribution is 2.38. The van der Waals surface area contributed by atoms with Gasteiger partial charge in [-0.3, -0.25) is 0 Å². The van der Waals surface area contributed by atoms with Gasteiger partial charge in [0, 0.05) is 22.7 Å². The Morgan fingerprint density at radius 2 is 2.06 bits per heavy atom. The number of thioether (sulfide) groups is 1. The van der Waals surface area contributed by atoms with Crippen molar-refractivity contribution in [2.24, 2.45) is 0 Å². The maximum atomic E-state index is 11.2. The SMILES string of the molecule is CSC1CCCCC1n1c(C)cc(C(=O)O)c1C. The molecular formula is C14H21NO2S. The second-order valence-electron chi connectivity index (χ2n) is 5.09. The first-order valence-corrected chi connectivity index (χ1v) is 7.79. The summed E-state index contributed by atoms with van der Waals surface area (Å²) >= 11 is 1.92. The van der Waals surface area contributed by atoms with E-state index in [1.165, 1.54) is 25.7 Å². The molecule has 1 N–H and O–H groups in total. The number of aryl methyl sites for hydroxylation is 1. The second-order valence-corrected chi connectivity index (χ2v) is 6.16. The summed E-state index contributed by atoms with van der Waals surface area (Å²) in [6.45, 7) is 3.95. The van der Waals surface area contributed by atoms with Crippen molar-refractivity contribution in [2.45, 2.75) is 50.8 Å². The van der Waals surface area contributed by atoms with Gasteiger partial charge in [0.25, 0.3) is 0 Å². The van der Waals surface area contributed by atoms with E-state index in [2.05, 4.69) is 10.8 Å². The molecule has 1 aliphatic rings. The van der Waals surface area contributed by atoms with E-state index < -0.39 is 5.97 Å². The number of carbonyl (C=O) groups is 1. The molecule has 4 heteroatoms. The van der Waals surface area contributed by atoms with Crippen LogP contribution in [-0.2, 0) is 0 Å². The molecule has 0 aromatic carbocycles. The van der Waals surface area contributed by atoms with Crippen molar-refractivity contribution in [3.05, 3.63) is 23.0 Å². The van der Waals surface area contributed by atoms with Crippen molar-refractivity contribution in [1.82, 2.24) is 4.57 Å². The Balaban J connectivity index is 2.40. The van der Waals surface area contributed by atoms with E-state index in [-0.39, 0.29) is 0 Å². The van der Waals surface area contributed by atoms with Gasteiger partial charge in [-0.25, -0.2) is 4.79 Å². The van der Waals surface area contributed by atoms with Crippen molar-refractivity contribution < 1.29 is 9.90 Å². The van der Waals surface area contributed by atoms with Crippen LogP contribution in [0.1, 0.15) is 53.5 Å². The molecule has 1 saturated carbocycles. The fraction of sp³-hybridized carbons (Fsp3) is 0.643. The van der Waals surface area contributed by atoms with Crippen molar-refractivity contribution in [3.63, 3.8) is 0 Å². The van der Waals surface area contributed by atoms with Gasteiger partial charge in [-0.15, -0.1) is 0 Å². The van der Waals surface area contributed by atoms with Crippen LogP contribution in [0, 0.1) is 13.8 Å². The highest BCUT2D eigenvalue weighted by molar-refractivity contribution is 7.99. The fourth-order valence-corrected chi connectivity index (χ4v) is 4.13. The Bertz CT molecular complexity index is 453. The molecule has 1 aromatic rings. The Hall–Kier alpha value is -0.900. The summed E-state index contributed by atoms with van der Waals surface area (Å²) in [5, 5.41) is 9.82. The fourth-order valence-electron chi connectivity index (χ4n) is 3.15. The van der Waals surface area contributed by atoms with Gasteiger partial charge in [0.2, 0.25) is 0 Å². The van der Waals surface area contributed by atoms with Crippen LogP contribution in [0.2, 0.25) is 0 Å². The van der Waals surface area contributed by atoms with Gasteiger partial charge in [-0.2, -0.15) is 11.8 Å². The normalized spacial score (nSPS) is 24.2. The molecule has 0 saturated heterocycles. The lowest BCUT2D eigenvalue weighted by molar-refractivity contribution is 0.0696. The number of carboxylic acids is 1. The molecule has 2 unspecified atom stereocenters. The Morgan fingerprint density at radius 1 is 1.39 bits per heavy atom. The molecule has 0 aliphatic heterocycles. The van der Waals surface area contributed by atoms with Gasteiger partial charge in [0.05, 0.1) is 5.56 Å². The third-order valence-electron chi connectivity index (χ3n) is 4.02. The standard InChI is InChI=1S/C14H21NO2S/c1-9-8-11(14(16)17)10(2)15(9)12-6-4-5-7-13(12)18-3/h8,12-13H,4-7H2,1-3H3,(H,16,17). The molecule has 18 heavy (non-hydrogen) atoms. The molecule has 1 aliphatic carbocycles. The zero-order valence-corrected chi connectivity index (χ0v) is 12.1. The first-order valence-electron chi connectivity index (χ1n) is 6.50. The highest BCUT2D eigenvalue weighted by atomic mass is 32.2. The molecule has 1 fully saturated rings. The predicted molar refractivity (Wildman–Crippen MR) is 75.7 cm³/mol. The Morgan fingerprint density at radius 3 is 2.61 bits per heavy atom. The van der Waals surface area contributed by atoms with Gasteiger partial charge in [-0.05, 0) is 39.0 Å². The molecule has 1 aromatic heterocycles. The van der Waals surface area contributed by atoms with Crippen LogP contribution in [0.5, 0.6) is 0 Å². The van der Waals surface area contributed by atoms with Crippen LogP contribution >= 0.6 is 11.8 Å². The number of nitrogens with zero attached hydrogens (tertiary/aromatic N) is 1. The number of carboxylic acid groups (broad SMARTS) is 1. The molecule has 2 rings (SSSR count). The summed E-state index contributed by atoms with van der Waals surface area (Å²) in [7, 11) is 0. The Labute approximate surface area is 113 Å². The number of rotatable bonds is 3. The average molecular weight is 267 g/mol. The average Bonchev–Trinajstić information content (AvgIpc) is 2.65. The summed E-state index contributed by atoms with van der Waals surface area (Å²) < 4.78 is 2.25. The zero-order chi connectivity index (χ0) is 13.3. The molecular weight excluding hydrogens is 246 g/mol. The Kier molecular flexibility index (Phi) is 4.05. The minimum absolute atomic E-state index is 0.456. The molecule has 0 bridgehead atoms. The van der Waals surface area contributed by atoms with Crippen LogP contribution in [0.25, 0.3) is 0 Å². The lowest BCUT2D eigenvalue weighted by Gasteiger charge is -2.33. The van der Waals surface area contributed by atoms with Gasteiger partial charge < -0.3 is 9.67 Å².